The minimum absolute atomic E-state index is 0.0103. The van der Waals surface area contributed by atoms with Crippen LogP contribution >= 0.6 is 0 Å². The van der Waals surface area contributed by atoms with E-state index in [9.17, 15) is 36.5 Å². The molecular weight excluding hydrogens is 771 g/mol. The number of rotatable bonds is 10. The van der Waals surface area contributed by atoms with Gasteiger partial charge in [-0.1, -0.05) is 55.8 Å². The van der Waals surface area contributed by atoms with Gasteiger partial charge in [0.15, 0.2) is 10.7 Å². The molecule has 2 aliphatic heterocycles. The number of sulfonamides is 1. The lowest BCUT2D eigenvalue weighted by atomic mass is 10.0. The predicted octanol–water partition coefficient (Wildman–Crippen LogP) is 5.26. The van der Waals surface area contributed by atoms with Crippen LogP contribution < -0.4 is 4.90 Å². The fourth-order valence-corrected chi connectivity index (χ4v) is 10.7. The molecule has 15 nitrogen and oxygen atoms in total. The highest BCUT2D eigenvalue weighted by molar-refractivity contribution is 7.90. The molecule has 57 heavy (non-hydrogen) atoms. The van der Waals surface area contributed by atoms with Crippen LogP contribution in [-0.4, -0.2) is 88.8 Å². The zero-order valence-electron chi connectivity index (χ0n) is 32.2. The highest BCUT2D eigenvalue weighted by Crippen LogP contribution is 2.37. The van der Waals surface area contributed by atoms with Crippen molar-refractivity contribution in [3.05, 3.63) is 105 Å². The minimum atomic E-state index is -4.26. The lowest BCUT2D eigenvalue weighted by Gasteiger charge is -2.41. The average Bonchev–Trinajstić information content (AvgIpc) is 3.54. The van der Waals surface area contributed by atoms with E-state index in [0.29, 0.717) is 57.9 Å². The van der Waals surface area contributed by atoms with Crippen LogP contribution in [0.2, 0.25) is 0 Å². The van der Waals surface area contributed by atoms with Crippen LogP contribution in [0.3, 0.4) is 0 Å². The van der Waals surface area contributed by atoms with Crippen molar-refractivity contribution in [1.29, 1.82) is 0 Å². The Morgan fingerprint density at radius 1 is 0.912 bits per heavy atom. The van der Waals surface area contributed by atoms with Crippen LogP contribution in [0.15, 0.2) is 82.7 Å². The molecule has 298 valence electrons. The van der Waals surface area contributed by atoms with E-state index in [1.54, 1.807) is 68.3 Å². The largest absolute Gasteiger partial charge is 0.353 e. The van der Waals surface area contributed by atoms with Gasteiger partial charge in [0, 0.05) is 73.3 Å². The molecular formula is C40H43N7O8S2. The molecule has 17 heteroatoms. The van der Waals surface area contributed by atoms with Crippen LogP contribution in [-0.2, 0) is 42.6 Å². The Bertz CT molecular complexity index is 2660. The second kappa shape index (κ2) is 15.1. The number of piperazine rings is 1. The summed E-state index contributed by atoms with van der Waals surface area (Å²) in [5.74, 6) is 0.0487. The van der Waals surface area contributed by atoms with Gasteiger partial charge in [-0.25, -0.2) is 30.8 Å². The molecule has 0 spiro atoms. The molecule has 4 heterocycles. The number of Topliss-reactive ketones (excluding diaryl/α,β-unsaturated/α-hetero) is 1. The van der Waals surface area contributed by atoms with Gasteiger partial charge in [-0.3, -0.25) is 19.7 Å². The maximum Gasteiger partial charge on any atom is 0.289 e. The first-order chi connectivity index (χ1) is 27.0. The van der Waals surface area contributed by atoms with Gasteiger partial charge in [0.1, 0.15) is 11.6 Å². The monoisotopic (exact) mass is 813 g/mol. The van der Waals surface area contributed by atoms with Crippen LogP contribution in [0.5, 0.6) is 0 Å². The van der Waals surface area contributed by atoms with E-state index in [-0.39, 0.29) is 60.0 Å². The van der Waals surface area contributed by atoms with Gasteiger partial charge in [-0.2, -0.15) is 4.31 Å². The number of nitrogens with zero attached hydrogens (tertiary/aromatic N) is 7. The van der Waals surface area contributed by atoms with Crippen molar-refractivity contribution < 1.29 is 31.3 Å². The van der Waals surface area contributed by atoms with Gasteiger partial charge in [-0.05, 0) is 50.6 Å². The number of aromatic nitrogens is 3. The van der Waals surface area contributed by atoms with Gasteiger partial charge >= 0.3 is 0 Å². The first kappa shape index (κ1) is 39.7. The molecule has 2 aromatic heterocycles. The maximum absolute atomic E-state index is 13.9. The summed E-state index contributed by atoms with van der Waals surface area (Å²) in [7, 11) is -8.23. The molecule has 0 N–H and O–H groups in total. The topological polar surface area (TPSA) is 186 Å². The van der Waals surface area contributed by atoms with E-state index in [1.165, 1.54) is 32.5 Å². The second-order valence-corrected chi connectivity index (χ2v) is 18.6. The molecule has 1 saturated heterocycles. The number of carbonyl (C=O) groups excluding carboxylic acids is 2. The number of nitro groups is 1. The quantitative estimate of drug-likeness (QED) is 0.102. The molecule has 0 bridgehead atoms. The molecule has 1 atom stereocenters. The number of anilines is 1. The Labute approximate surface area is 331 Å². The Morgan fingerprint density at radius 3 is 2.32 bits per heavy atom. The molecule has 3 aromatic carbocycles. The Hall–Kier alpha value is -5.52. The smallest absolute Gasteiger partial charge is 0.289 e. The molecule has 0 radical (unpaired) electrons. The van der Waals surface area contributed by atoms with Crippen LogP contribution in [0.4, 0.5) is 11.5 Å². The number of ketones is 1. The molecule has 1 fully saturated rings. The third kappa shape index (κ3) is 7.30. The van der Waals surface area contributed by atoms with Crippen molar-refractivity contribution in [2.45, 2.75) is 69.8 Å². The summed E-state index contributed by atoms with van der Waals surface area (Å²) in [6.07, 6.45) is 1.71. The van der Waals surface area contributed by atoms with Gasteiger partial charge in [0.2, 0.25) is 15.9 Å². The molecule has 1 amide bonds. The molecule has 0 saturated carbocycles. The predicted molar refractivity (Wildman–Crippen MR) is 214 cm³/mol. The van der Waals surface area contributed by atoms with Crippen molar-refractivity contribution in [2.24, 2.45) is 5.92 Å². The van der Waals surface area contributed by atoms with Crippen LogP contribution in [0.1, 0.15) is 49.6 Å². The van der Waals surface area contributed by atoms with Gasteiger partial charge in [0.05, 0.1) is 34.0 Å². The van der Waals surface area contributed by atoms with E-state index in [0.717, 1.165) is 5.56 Å². The average molecular weight is 814 g/mol. The van der Waals surface area contributed by atoms with Crippen molar-refractivity contribution in [2.75, 3.05) is 31.1 Å². The summed E-state index contributed by atoms with van der Waals surface area (Å²) in [5.41, 5.74) is 3.50. The summed E-state index contributed by atoms with van der Waals surface area (Å²) < 4.78 is 58.2. The number of hydrogen-bond donors (Lipinski definition) is 0. The molecule has 0 unspecified atom stereocenters. The summed E-state index contributed by atoms with van der Waals surface area (Å²) >= 11 is 0. The zero-order chi connectivity index (χ0) is 41.0. The van der Waals surface area contributed by atoms with E-state index in [2.05, 4.69) is 0 Å². The number of aryl methyl sites for hydroxylation is 2. The minimum Gasteiger partial charge on any atom is -0.353 e. The fraction of sp³-hybridized carbons (Fsp3) is 0.350. The lowest BCUT2D eigenvalue weighted by molar-refractivity contribution is -0.387. The van der Waals surface area contributed by atoms with Crippen molar-refractivity contribution in [3.8, 4) is 11.4 Å². The number of nitro benzene ring substituents is 1. The summed E-state index contributed by atoms with van der Waals surface area (Å²) in [6.45, 7) is 9.71. The second-order valence-electron chi connectivity index (χ2n) is 14.9. The Morgan fingerprint density at radius 2 is 1.63 bits per heavy atom. The molecule has 5 aromatic rings. The van der Waals surface area contributed by atoms with Crippen LogP contribution in [0.25, 0.3) is 22.3 Å². The van der Waals surface area contributed by atoms with Crippen molar-refractivity contribution >= 4 is 54.1 Å². The molecule has 0 aliphatic carbocycles. The van der Waals surface area contributed by atoms with E-state index >= 15 is 0 Å². The Balaban J connectivity index is 1.30. The van der Waals surface area contributed by atoms with E-state index in [1.807, 2.05) is 24.8 Å². The number of benzene rings is 3. The zero-order valence-corrected chi connectivity index (χ0v) is 33.9. The summed E-state index contributed by atoms with van der Waals surface area (Å²) in [4.78, 5) is 50.4. The van der Waals surface area contributed by atoms with Gasteiger partial charge in [0.25, 0.3) is 15.7 Å². The number of amides is 1. The molecule has 7 rings (SSSR count). The Kier molecular flexibility index (Phi) is 10.5. The van der Waals surface area contributed by atoms with Crippen molar-refractivity contribution in [3.63, 3.8) is 0 Å². The van der Waals surface area contributed by atoms with Crippen molar-refractivity contribution in [1.82, 2.24) is 23.1 Å². The van der Waals surface area contributed by atoms with E-state index in [4.69, 9.17) is 9.97 Å². The maximum atomic E-state index is 13.9. The first-order valence-electron chi connectivity index (χ1n) is 18.6. The van der Waals surface area contributed by atoms with Gasteiger partial charge in [-0.15, -0.1) is 0 Å². The SMILES string of the molecule is Cc1ccc(S(=O)(=O)n2cc(C)c3c(-c4nc5c(c(N6CCN(S(=O)(=O)c7ccccc7[N+](=O)[O-])[C@H](C)C6)n4)CN(C(=O)CC(=O)C(C)C)CC5)cccc32)cc1. The van der Waals surface area contributed by atoms with E-state index < -0.39 is 36.7 Å². The third-order valence-electron chi connectivity index (χ3n) is 10.7. The lowest BCUT2D eigenvalue weighted by Crippen LogP contribution is -2.54. The molecule has 2 aliphatic rings. The highest BCUT2D eigenvalue weighted by Gasteiger charge is 2.39. The fourth-order valence-electron chi connectivity index (χ4n) is 7.56. The standard InChI is InChI=1S/C40H43N7O8S2/c1-25(2)35(48)21-37(49)43-18-17-32-31(24-43)40(44-19-20-45(28(5)23-44)57(54,55)36-12-7-6-10-33(36)47(50)51)42-39(41-32)30-9-8-11-34-38(30)27(4)22-46(34)56(52,53)29-15-13-26(3)14-16-29/h6-16,22,25,28H,17-21,23-24H2,1-5H3/t28-/m1/s1. The number of hydrogen-bond acceptors (Lipinski definition) is 11. The summed E-state index contributed by atoms with van der Waals surface area (Å²) in [5, 5.41) is 12.4. The number of fused-ring (bicyclic) bond motifs is 2. The number of carbonyl (C=O) groups is 2. The number of para-hydroxylation sites is 1. The normalized spacial score (nSPS) is 16.6. The first-order valence-corrected chi connectivity index (χ1v) is 21.5. The highest BCUT2D eigenvalue weighted by atomic mass is 32.2. The van der Waals surface area contributed by atoms with Crippen LogP contribution in [0, 0.1) is 29.9 Å². The summed E-state index contributed by atoms with van der Waals surface area (Å²) in [6, 6.07) is 16.6. The van der Waals surface area contributed by atoms with Gasteiger partial charge < -0.3 is 9.80 Å². The third-order valence-corrected chi connectivity index (χ3v) is 14.4.